The van der Waals surface area contributed by atoms with Crippen molar-refractivity contribution in [3.05, 3.63) is 17.8 Å². The molecule has 1 aromatic rings. The molecule has 1 aromatic heterocycles. The summed E-state index contributed by atoms with van der Waals surface area (Å²) in [6.45, 7) is 16.8. The van der Waals surface area contributed by atoms with E-state index < -0.39 is 0 Å². The summed E-state index contributed by atoms with van der Waals surface area (Å²) in [7, 11) is 1.83. The van der Waals surface area contributed by atoms with E-state index in [1.54, 1.807) is 0 Å². The number of oxazole rings is 1. The highest BCUT2D eigenvalue weighted by atomic mass is 127. The highest BCUT2D eigenvalue weighted by Crippen LogP contribution is 2.22. The molecular weight excluding hydrogens is 429 g/mol. The lowest BCUT2D eigenvalue weighted by molar-refractivity contribution is 0.163. The molecule has 25 heavy (non-hydrogen) atoms. The van der Waals surface area contributed by atoms with Gasteiger partial charge in [0.05, 0.1) is 12.7 Å². The molecule has 7 heteroatoms. The average Bonchev–Trinajstić information content (AvgIpc) is 2.98. The second kappa shape index (κ2) is 9.75. The quantitative estimate of drug-likeness (QED) is 0.423. The van der Waals surface area contributed by atoms with Crippen LogP contribution in [-0.2, 0) is 12.0 Å². The third-order valence-electron chi connectivity index (χ3n) is 4.20. The molecule has 0 unspecified atom stereocenters. The fourth-order valence-corrected chi connectivity index (χ4v) is 2.88. The zero-order valence-corrected chi connectivity index (χ0v) is 18.8. The monoisotopic (exact) mass is 463 g/mol. The fourth-order valence-electron chi connectivity index (χ4n) is 2.88. The highest BCUT2D eigenvalue weighted by Gasteiger charge is 2.21. The second-order valence-electron chi connectivity index (χ2n) is 7.95. The summed E-state index contributed by atoms with van der Waals surface area (Å²) < 4.78 is 5.84. The molecule has 1 fully saturated rings. The number of guanidine groups is 1. The molecular formula is C18H34IN5O. The number of halogens is 1. The number of hydrogen-bond donors (Lipinski definition) is 1. The van der Waals surface area contributed by atoms with Crippen LogP contribution in [0.3, 0.4) is 0 Å². The molecule has 0 radical (unpaired) electrons. The molecule has 6 nitrogen and oxygen atoms in total. The summed E-state index contributed by atoms with van der Waals surface area (Å²) in [6, 6.07) is 0. The van der Waals surface area contributed by atoms with Gasteiger partial charge in [-0.05, 0) is 5.92 Å². The minimum Gasteiger partial charge on any atom is -0.443 e. The molecule has 0 amide bonds. The van der Waals surface area contributed by atoms with Crippen LogP contribution < -0.4 is 5.32 Å². The highest BCUT2D eigenvalue weighted by molar-refractivity contribution is 14.0. The second-order valence-corrected chi connectivity index (χ2v) is 7.95. The first-order valence-electron chi connectivity index (χ1n) is 8.92. The van der Waals surface area contributed by atoms with Crippen molar-refractivity contribution >= 4 is 29.9 Å². The Hall–Kier alpha value is -0.830. The topological polar surface area (TPSA) is 56.9 Å². The van der Waals surface area contributed by atoms with Gasteiger partial charge < -0.3 is 14.6 Å². The normalized spacial score (nSPS) is 16.9. The van der Waals surface area contributed by atoms with Gasteiger partial charge in [0.25, 0.3) is 0 Å². The van der Waals surface area contributed by atoms with E-state index in [4.69, 9.17) is 4.42 Å². The Morgan fingerprint density at radius 2 is 1.92 bits per heavy atom. The first-order valence-corrected chi connectivity index (χ1v) is 8.92. The zero-order chi connectivity index (χ0) is 17.7. The maximum absolute atomic E-state index is 5.84. The van der Waals surface area contributed by atoms with Gasteiger partial charge in [0, 0.05) is 45.2 Å². The van der Waals surface area contributed by atoms with Gasteiger partial charge in [0.2, 0.25) is 5.89 Å². The van der Waals surface area contributed by atoms with Crippen molar-refractivity contribution in [1.29, 1.82) is 0 Å². The maximum Gasteiger partial charge on any atom is 0.213 e. The van der Waals surface area contributed by atoms with Crippen molar-refractivity contribution in [2.75, 3.05) is 39.8 Å². The van der Waals surface area contributed by atoms with Crippen molar-refractivity contribution in [3.63, 3.8) is 0 Å². The molecule has 144 valence electrons. The first-order chi connectivity index (χ1) is 11.3. The lowest BCUT2D eigenvalue weighted by Crippen LogP contribution is -2.52. The Balaban J connectivity index is 0.00000312. The third-order valence-corrected chi connectivity index (χ3v) is 4.20. The van der Waals surface area contributed by atoms with Gasteiger partial charge in [0.15, 0.2) is 5.96 Å². The lowest BCUT2D eigenvalue weighted by Gasteiger charge is -2.37. The number of piperazine rings is 1. The fraction of sp³-hybridized carbons (Fsp3) is 0.778. The van der Waals surface area contributed by atoms with Gasteiger partial charge in [-0.1, -0.05) is 34.6 Å². The van der Waals surface area contributed by atoms with Gasteiger partial charge in [-0.25, -0.2) is 4.98 Å². The summed E-state index contributed by atoms with van der Waals surface area (Å²) in [5, 5.41) is 3.38. The molecule has 1 aliphatic rings. The largest absolute Gasteiger partial charge is 0.443 e. The van der Waals surface area contributed by atoms with Crippen LogP contribution in [0.25, 0.3) is 0 Å². The Labute approximate surface area is 169 Å². The van der Waals surface area contributed by atoms with Crippen molar-refractivity contribution < 1.29 is 4.42 Å². The summed E-state index contributed by atoms with van der Waals surface area (Å²) in [5.74, 6) is 3.27. The van der Waals surface area contributed by atoms with Crippen LogP contribution in [0.1, 0.15) is 46.3 Å². The Bertz CT molecular complexity index is 542. The van der Waals surface area contributed by atoms with Crippen LogP contribution in [0.5, 0.6) is 0 Å². The van der Waals surface area contributed by atoms with Crippen molar-refractivity contribution in [2.24, 2.45) is 10.9 Å². The van der Waals surface area contributed by atoms with Gasteiger partial charge in [0.1, 0.15) is 5.76 Å². The molecule has 0 atom stereocenters. The summed E-state index contributed by atoms with van der Waals surface area (Å²) in [4.78, 5) is 13.6. The van der Waals surface area contributed by atoms with E-state index in [-0.39, 0.29) is 29.4 Å². The molecule has 2 heterocycles. The van der Waals surface area contributed by atoms with Gasteiger partial charge in [-0.3, -0.25) is 9.89 Å². The number of aliphatic imine (C=N–C) groups is 1. The zero-order valence-electron chi connectivity index (χ0n) is 16.5. The predicted octanol–water partition coefficient (Wildman–Crippen LogP) is 2.94. The molecule has 0 saturated carbocycles. The maximum atomic E-state index is 5.84. The van der Waals surface area contributed by atoms with Crippen molar-refractivity contribution in [2.45, 2.75) is 46.6 Å². The molecule has 1 N–H and O–H groups in total. The average molecular weight is 463 g/mol. The Morgan fingerprint density at radius 3 is 2.40 bits per heavy atom. The van der Waals surface area contributed by atoms with E-state index in [0.29, 0.717) is 12.4 Å². The number of aromatic nitrogens is 1. The number of rotatable bonds is 4. The first kappa shape index (κ1) is 22.2. The molecule has 1 aliphatic heterocycles. The molecule has 0 bridgehead atoms. The number of nitrogens with zero attached hydrogens (tertiary/aromatic N) is 4. The Morgan fingerprint density at radius 1 is 1.28 bits per heavy atom. The van der Waals surface area contributed by atoms with Crippen LogP contribution in [0, 0.1) is 5.92 Å². The van der Waals surface area contributed by atoms with Crippen LogP contribution in [0.2, 0.25) is 0 Å². The van der Waals surface area contributed by atoms with Crippen LogP contribution in [-0.4, -0.2) is 60.5 Å². The Kier molecular flexibility index (Phi) is 8.67. The SMILES string of the molecule is CN=C(NCc1ncc(C(C)(C)C)o1)N1CCN(CC(C)C)CC1.I. The minimum absolute atomic E-state index is 0. The van der Waals surface area contributed by atoms with Gasteiger partial charge in [-0.2, -0.15) is 0 Å². The standard InChI is InChI=1S/C18H33N5O.HI/c1-14(2)13-22-7-9-23(10-8-22)17(19-6)21-12-16-20-11-15(24-16)18(3,4)5;/h11,14H,7-10,12-13H2,1-6H3,(H,19,21);1H. The number of nitrogens with one attached hydrogen (secondary N) is 1. The molecule has 0 aliphatic carbocycles. The minimum atomic E-state index is -0.0142. The summed E-state index contributed by atoms with van der Waals surface area (Å²) in [6.07, 6.45) is 1.82. The molecule has 0 aromatic carbocycles. The summed E-state index contributed by atoms with van der Waals surface area (Å²) >= 11 is 0. The van der Waals surface area contributed by atoms with E-state index in [1.807, 2.05) is 13.2 Å². The third kappa shape index (κ3) is 6.77. The van der Waals surface area contributed by atoms with E-state index in [1.165, 1.54) is 6.54 Å². The lowest BCUT2D eigenvalue weighted by atomic mass is 9.94. The van der Waals surface area contributed by atoms with E-state index in [2.05, 4.69) is 59.7 Å². The smallest absolute Gasteiger partial charge is 0.213 e. The van der Waals surface area contributed by atoms with E-state index in [0.717, 1.165) is 43.8 Å². The predicted molar refractivity (Wildman–Crippen MR) is 114 cm³/mol. The molecule has 1 saturated heterocycles. The van der Waals surface area contributed by atoms with Crippen LogP contribution >= 0.6 is 24.0 Å². The molecule has 0 spiro atoms. The van der Waals surface area contributed by atoms with E-state index >= 15 is 0 Å². The molecule has 2 rings (SSSR count). The van der Waals surface area contributed by atoms with Gasteiger partial charge >= 0.3 is 0 Å². The van der Waals surface area contributed by atoms with Crippen molar-refractivity contribution in [3.8, 4) is 0 Å². The van der Waals surface area contributed by atoms with E-state index in [9.17, 15) is 0 Å². The summed E-state index contributed by atoms with van der Waals surface area (Å²) in [5.41, 5.74) is -0.0142. The van der Waals surface area contributed by atoms with Gasteiger partial charge in [-0.15, -0.1) is 24.0 Å². The van der Waals surface area contributed by atoms with Crippen molar-refractivity contribution in [1.82, 2.24) is 20.1 Å². The van der Waals surface area contributed by atoms with Crippen LogP contribution in [0.4, 0.5) is 0 Å². The number of hydrogen-bond acceptors (Lipinski definition) is 4. The van der Waals surface area contributed by atoms with Crippen LogP contribution in [0.15, 0.2) is 15.6 Å².